The molecular weight excluding hydrogens is 504 g/mol. The molecule has 0 saturated carbocycles. The Morgan fingerprint density at radius 2 is 1.37 bits per heavy atom. The summed E-state index contributed by atoms with van der Waals surface area (Å²) in [6.07, 6.45) is 6.28. The van der Waals surface area contributed by atoms with Gasteiger partial charge in [-0.25, -0.2) is 4.98 Å². The second kappa shape index (κ2) is 9.79. The van der Waals surface area contributed by atoms with Crippen LogP contribution in [0.2, 0.25) is 0 Å². The Kier molecular flexibility index (Phi) is 5.66. The van der Waals surface area contributed by atoms with Crippen LogP contribution >= 0.6 is 0 Å². The molecule has 3 aromatic heterocycles. The lowest BCUT2D eigenvalue weighted by Gasteiger charge is -2.18. The van der Waals surface area contributed by atoms with E-state index < -0.39 is 0 Å². The minimum atomic E-state index is 0.772. The highest BCUT2D eigenvalue weighted by Crippen LogP contribution is 2.36. The van der Waals surface area contributed by atoms with Crippen molar-refractivity contribution in [2.75, 3.05) is 18.0 Å². The molecule has 0 radical (unpaired) electrons. The van der Waals surface area contributed by atoms with Crippen molar-refractivity contribution in [3.63, 3.8) is 0 Å². The quantitative estimate of drug-likeness (QED) is 0.222. The third-order valence-corrected chi connectivity index (χ3v) is 8.09. The van der Waals surface area contributed by atoms with Gasteiger partial charge in [0.1, 0.15) is 17.3 Å². The zero-order valence-corrected chi connectivity index (χ0v) is 22.6. The summed E-state index contributed by atoms with van der Waals surface area (Å²) in [6.45, 7) is 2.20. The second-order valence-corrected chi connectivity index (χ2v) is 10.6. The van der Waals surface area contributed by atoms with Gasteiger partial charge in [-0.3, -0.25) is 9.55 Å². The molecule has 0 spiro atoms. The van der Waals surface area contributed by atoms with Crippen molar-refractivity contribution in [2.45, 2.75) is 12.8 Å². The number of fused-ring (bicyclic) bond motifs is 4. The van der Waals surface area contributed by atoms with Gasteiger partial charge < -0.3 is 9.64 Å². The van der Waals surface area contributed by atoms with E-state index in [0.717, 1.165) is 58.1 Å². The monoisotopic (exact) mass is 532 g/mol. The Labute approximate surface area is 238 Å². The van der Waals surface area contributed by atoms with Crippen LogP contribution in [-0.2, 0) is 0 Å². The Morgan fingerprint density at radius 1 is 0.585 bits per heavy atom. The van der Waals surface area contributed by atoms with E-state index in [9.17, 15) is 0 Å². The normalized spacial score (nSPS) is 13.4. The fourth-order valence-corrected chi connectivity index (χ4v) is 6.16. The number of aromatic nitrogens is 3. The summed E-state index contributed by atoms with van der Waals surface area (Å²) < 4.78 is 8.74. The number of hydrogen-bond acceptors (Lipinski definition) is 4. The van der Waals surface area contributed by atoms with Crippen LogP contribution in [0.25, 0.3) is 49.7 Å². The molecule has 0 bridgehead atoms. The maximum atomic E-state index is 6.48. The van der Waals surface area contributed by atoms with E-state index in [-0.39, 0.29) is 0 Å². The number of rotatable bonds is 5. The van der Waals surface area contributed by atoms with E-state index >= 15 is 0 Å². The van der Waals surface area contributed by atoms with Gasteiger partial charge in [-0.1, -0.05) is 54.6 Å². The molecule has 0 aliphatic carbocycles. The third-order valence-electron chi connectivity index (χ3n) is 8.09. The highest BCUT2D eigenvalue weighted by atomic mass is 16.5. The van der Waals surface area contributed by atoms with Gasteiger partial charge in [0.25, 0.3) is 0 Å². The molecule has 7 aromatic rings. The number of para-hydroxylation sites is 1. The van der Waals surface area contributed by atoms with Gasteiger partial charge in [0, 0.05) is 65.0 Å². The number of hydrogen-bond donors (Lipinski definition) is 0. The molecule has 41 heavy (non-hydrogen) atoms. The van der Waals surface area contributed by atoms with Crippen molar-refractivity contribution >= 4 is 38.3 Å². The highest BCUT2D eigenvalue weighted by molar-refractivity contribution is 6.09. The third kappa shape index (κ3) is 4.18. The summed E-state index contributed by atoms with van der Waals surface area (Å²) in [5.74, 6) is 2.47. The van der Waals surface area contributed by atoms with Crippen molar-refractivity contribution in [2.24, 2.45) is 0 Å². The molecule has 1 aliphatic rings. The topological polar surface area (TPSA) is 43.2 Å². The fraction of sp³-hybridized carbons (Fsp3) is 0.111. The van der Waals surface area contributed by atoms with Crippen LogP contribution in [0.5, 0.6) is 11.5 Å². The van der Waals surface area contributed by atoms with Gasteiger partial charge in [-0.05, 0) is 60.7 Å². The lowest BCUT2D eigenvalue weighted by molar-refractivity contribution is 0.483. The SMILES string of the molecule is c1cc(Oc2ccc3c4ccccc4n(-c4cc(N5CCCC5)ccn4)c3c2)cc(-c2nccc3ccccc23)c1. The molecule has 0 N–H and O–H groups in total. The van der Waals surface area contributed by atoms with E-state index in [2.05, 4.69) is 100 Å². The smallest absolute Gasteiger partial charge is 0.139 e. The van der Waals surface area contributed by atoms with Crippen LogP contribution < -0.4 is 9.64 Å². The molecule has 1 saturated heterocycles. The molecule has 4 aromatic carbocycles. The first-order valence-electron chi connectivity index (χ1n) is 14.2. The molecule has 1 fully saturated rings. The summed E-state index contributed by atoms with van der Waals surface area (Å²) in [4.78, 5) is 12.0. The molecular formula is C36H28N4O. The Balaban J connectivity index is 1.21. The molecule has 5 nitrogen and oxygen atoms in total. The van der Waals surface area contributed by atoms with Crippen LogP contribution in [0.3, 0.4) is 0 Å². The van der Waals surface area contributed by atoms with E-state index in [1.54, 1.807) is 0 Å². The molecule has 8 rings (SSSR count). The summed E-state index contributed by atoms with van der Waals surface area (Å²) in [5, 5.41) is 4.67. The minimum absolute atomic E-state index is 0.772. The molecule has 0 atom stereocenters. The van der Waals surface area contributed by atoms with Gasteiger partial charge in [0.2, 0.25) is 0 Å². The summed E-state index contributed by atoms with van der Waals surface area (Å²) in [7, 11) is 0. The van der Waals surface area contributed by atoms with Crippen LogP contribution in [0.1, 0.15) is 12.8 Å². The Morgan fingerprint density at radius 3 is 2.29 bits per heavy atom. The zero-order chi connectivity index (χ0) is 27.2. The number of anilines is 1. The molecule has 0 amide bonds. The van der Waals surface area contributed by atoms with Crippen LogP contribution in [0.15, 0.2) is 122 Å². The first-order chi connectivity index (χ1) is 20.3. The van der Waals surface area contributed by atoms with Gasteiger partial charge in [0.15, 0.2) is 0 Å². The van der Waals surface area contributed by atoms with Crippen molar-refractivity contribution < 1.29 is 4.74 Å². The lowest BCUT2D eigenvalue weighted by Crippen LogP contribution is -2.17. The largest absolute Gasteiger partial charge is 0.457 e. The summed E-state index contributed by atoms with van der Waals surface area (Å²) in [6, 6.07) is 37.8. The van der Waals surface area contributed by atoms with Gasteiger partial charge >= 0.3 is 0 Å². The molecule has 198 valence electrons. The van der Waals surface area contributed by atoms with Gasteiger partial charge in [-0.2, -0.15) is 0 Å². The van der Waals surface area contributed by atoms with Gasteiger partial charge in [-0.15, -0.1) is 0 Å². The van der Waals surface area contributed by atoms with E-state index in [1.807, 2.05) is 30.6 Å². The average Bonchev–Trinajstić information content (AvgIpc) is 3.68. The average molecular weight is 533 g/mol. The molecule has 5 heteroatoms. The number of pyridine rings is 2. The molecule has 0 unspecified atom stereocenters. The first-order valence-corrected chi connectivity index (χ1v) is 14.2. The van der Waals surface area contributed by atoms with Gasteiger partial charge in [0.05, 0.1) is 16.7 Å². The second-order valence-electron chi connectivity index (χ2n) is 10.6. The molecule has 1 aliphatic heterocycles. The zero-order valence-electron chi connectivity index (χ0n) is 22.6. The van der Waals surface area contributed by atoms with Crippen molar-refractivity contribution in [3.8, 4) is 28.6 Å². The lowest BCUT2D eigenvalue weighted by atomic mass is 10.0. The predicted octanol–water partition coefficient (Wildman–Crippen LogP) is 8.79. The van der Waals surface area contributed by atoms with Crippen LogP contribution in [-0.4, -0.2) is 27.6 Å². The van der Waals surface area contributed by atoms with Crippen LogP contribution in [0, 0.1) is 0 Å². The Bertz CT molecular complexity index is 2050. The van der Waals surface area contributed by atoms with E-state index in [0.29, 0.717) is 0 Å². The maximum absolute atomic E-state index is 6.48. The fourth-order valence-electron chi connectivity index (χ4n) is 6.16. The first kappa shape index (κ1) is 23.7. The van der Waals surface area contributed by atoms with Crippen molar-refractivity contribution in [1.82, 2.24) is 14.5 Å². The molecule has 4 heterocycles. The van der Waals surface area contributed by atoms with Crippen molar-refractivity contribution in [3.05, 3.63) is 122 Å². The number of ether oxygens (including phenoxy) is 1. The predicted molar refractivity (Wildman–Crippen MR) is 167 cm³/mol. The van der Waals surface area contributed by atoms with E-state index in [1.165, 1.54) is 34.7 Å². The number of benzene rings is 4. The number of nitrogens with zero attached hydrogens (tertiary/aromatic N) is 4. The minimum Gasteiger partial charge on any atom is -0.457 e. The van der Waals surface area contributed by atoms with E-state index in [4.69, 9.17) is 14.7 Å². The Hall–Kier alpha value is -5.16. The van der Waals surface area contributed by atoms with Crippen molar-refractivity contribution in [1.29, 1.82) is 0 Å². The standard InChI is InChI=1S/C36H28N4O/c1-2-11-30-25(8-1)16-18-38-36(30)26-9-7-10-28(22-26)41-29-14-15-32-31-12-3-4-13-33(31)40(34(32)24-29)35-23-27(17-19-37-35)39-20-5-6-21-39/h1-4,7-19,22-24H,5-6,20-21H2. The van der Waals surface area contributed by atoms with Crippen LogP contribution in [0.4, 0.5) is 5.69 Å². The summed E-state index contributed by atoms with van der Waals surface area (Å²) in [5.41, 5.74) is 5.41. The maximum Gasteiger partial charge on any atom is 0.139 e. The summed E-state index contributed by atoms with van der Waals surface area (Å²) >= 11 is 0. The highest BCUT2D eigenvalue weighted by Gasteiger charge is 2.17.